The molecule has 178 valence electrons. The number of esters is 1. The van der Waals surface area contributed by atoms with Crippen molar-refractivity contribution >= 4 is 16.9 Å². The van der Waals surface area contributed by atoms with E-state index in [0.29, 0.717) is 13.1 Å². The Hall–Kier alpha value is -3.84. The minimum absolute atomic E-state index is 0.0120. The van der Waals surface area contributed by atoms with Crippen LogP contribution in [0.4, 0.5) is 8.78 Å². The second kappa shape index (κ2) is 9.43. The number of pyridine rings is 1. The predicted octanol–water partition coefficient (Wildman–Crippen LogP) is 5.10. The van der Waals surface area contributed by atoms with Gasteiger partial charge in [0, 0.05) is 30.7 Å². The number of hydrogen-bond acceptors (Lipinski definition) is 4. The lowest BCUT2D eigenvalue weighted by atomic mass is 9.92. The summed E-state index contributed by atoms with van der Waals surface area (Å²) in [4.78, 5) is 27.7. The summed E-state index contributed by atoms with van der Waals surface area (Å²) in [5.74, 6) is -2.96. The van der Waals surface area contributed by atoms with Gasteiger partial charge in [-0.2, -0.15) is 0 Å². The fourth-order valence-electron chi connectivity index (χ4n) is 4.76. The first kappa shape index (κ1) is 22.9. The molecule has 0 amide bonds. The zero-order chi connectivity index (χ0) is 24.5. The average molecular weight is 475 g/mol. The lowest BCUT2D eigenvalue weighted by Gasteiger charge is -2.46. The van der Waals surface area contributed by atoms with Crippen LogP contribution in [-0.2, 0) is 4.74 Å². The Morgan fingerprint density at radius 2 is 1.54 bits per heavy atom. The molecule has 35 heavy (non-hydrogen) atoms. The highest BCUT2D eigenvalue weighted by Gasteiger charge is 2.36. The summed E-state index contributed by atoms with van der Waals surface area (Å²) in [7, 11) is 0. The smallest absolute Gasteiger partial charge is 0.343 e. The highest BCUT2D eigenvalue weighted by Crippen LogP contribution is 2.37. The molecule has 0 aliphatic carbocycles. The van der Waals surface area contributed by atoms with Gasteiger partial charge >= 0.3 is 5.97 Å². The van der Waals surface area contributed by atoms with E-state index in [1.807, 2.05) is 36.4 Å². The first-order chi connectivity index (χ1) is 17.0. The van der Waals surface area contributed by atoms with Crippen molar-refractivity contribution in [2.75, 3.05) is 19.7 Å². The molecule has 0 radical (unpaired) electrons. The van der Waals surface area contributed by atoms with Crippen LogP contribution in [0.3, 0.4) is 0 Å². The molecular weight excluding hydrogens is 450 g/mol. The van der Waals surface area contributed by atoms with E-state index in [1.54, 1.807) is 11.5 Å². The number of carbonyl (C=O) groups is 1. The number of ether oxygens (including phenoxy) is 1. The summed E-state index contributed by atoms with van der Waals surface area (Å²) < 4.78 is 35.0. The molecule has 0 saturated carbocycles. The van der Waals surface area contributed by atoms with Gasteiger partial charge in [-0.05, 0) is 24.1 Å². The van der Waals surface area contributed by atoms with E-state index >= 15 is 0 Å². The first-order valence-electron chi connectivity index (χ1n) is 11.5. The fraction of sp³-hybridized carbons (Fsp3) is 0.214. The van der Waals surface area contributed by atoms with Gasteiger partial charge in [0.25, 0.3) is 0 Å². The third-order valence-corrected chi connectivity index (χ3v) is 6.45. The third kappa shape index (κ3) is 4.23. The molecule has 0 bridgehead atoms. The van der Waals surface area contributed by atoms with Crippen molar-refractivity contribution in [1.82, 2.24) is 9.47 Å². The molecule has 7 heteroatoms. The van der Waals surface area contributed by atoms with E-state index in [4.69, 9.17) is 4.74 Å². The second-order valence-electron chi connectivity index (χ2n) is 8.61. The van der Waals surface area contributed by atoms with Gasteiger partial charge in [-0.3, -0.25) is 9.69 Å². The van der Waals surface area contributed by atoms with Crippen molar-refractivity contribution in [2.45, 2.75) is 19.0 Å². The average Bonchev–Trinajstić information content (AvgIpc) is 2.84. The molecule has 0 atom stereocenters. The molecule has 1 aliphatic rings. The number of aromatic nitrogens is 1. The van der Waals surface area contributed by atoms with Crippen molar-refractivity contribution in [3.05, 3.63) is 118 Å². The zero-order valence-corrected chi connectivity index (χ0v) is 19.2. The molecule has 1 fully saturated rings. The first-order valence-corrected chi connectivity index (χ1v) is 11.5. The Morgan fingerprint density at radius 3 is 2.11 bits per heavy atom. The molecule has 5 nitrogen and oxygen atoms in total. The van der Waals surface area contributed by atoms with Gasteiger partial charge in [0.1, 0.15) is 5.56 Å². The van der Waals surface area contributed by atoms with Crippen LogP contribution in [0.2, 0.25) is 0 Å². The van der Waals surface area contributed by atoms with E-state index in [2.05, 4.69) is 29.2 Å². The summed E-state index contributed by atoms with van der Waals surface area (Å²) >= 11 is 0. The molecule has 4 aromatic rings. The lowest BCUT2D eigenvalue weighted by molar-refractivity contribution is 0.0520. The number of benzene rings is 3. The highest BCUT2D eigenvalue weighted by molar-refractivity contribution is 5.93. The summed E-state index contributed by atoms with van der Waals surface area (Å²) in [6, 6.07) is 22.0. The van der Waals surface area contributed by atoms with Crippen LogP contribution in [0.15, 0.2) is 83.8 Å². The van der Waals surface area contributed by atoms with Crippen LogP contribution in [0, 0.1) is 11.6 Å². The number of hydrogen-bond donors (Lipinski definition) is 0. The summed E-state index contributed by atoms with van der Waals surface area (Å²) in [5, 5.41) is -0.0458. The monoisotopic (exact) mass is 474 g/mol. The van der Waals surface area contributed by atoms with Gasteiger partial charge in [-0.25, -0.2) is 13.6 Å². The number of nitrogens with zero attached hydrogens (tertiary/aromatic N) is 2. The Kier molecular flexibility index (Phi) is 6.17. The Balaban J connectivity index is 1.54. The van der Waals surface area contributed by atoms with Crippen LogP contribution in [0.25, 0.3) is 10.9 Å². The van der Waals surface area contributed by atoms with Gasteiger partial charge in [-0.15, -0.1) is 0 Å². The summed E-state index contributed by atoms with van der Waals surface area (Å²) in [6.45, 7) is 2.92. The van der Waals surface area contributed by atoms with E-state index in [9.17, 15) is 18.4 Å². The Morgan fingerprint density at radius 1 is 0.971 bits per heavy atom. The molecule has 0 unspecified atom stereocenters. The van der Waals surface area contributed by atoms with Crippen molar-refractivity contribution in [2.24, 2.45) is 0 Å². The molecule has 2 heterocycles. The molecule has 0 spiro atoms. The number of carbonyl (C=O) groups excluding carboxylic acids is 1. The molecule has 1 saturated heterocycles. The fourth-order valence-corrected chi connectivity index (χ4v) is 4.76. The molecule has 5 rings (SSSR count). The lowest BCUT2D eigenvalue weighted by Crippen LogP contribution is -2.50. The van der Waals surface area contributed by atoms with E-state index < -0.39 is 23.0 Å². The van der Waals surface area contributed by atoms with Crippen LogP contribution in [0.1, 0.15) is 40.5 Å². The topological polar surface area (TPSA) is 51.5 Å². The minimum atomic E-state index is -1.13. The van der Waals surface area contributed by atoms with Crippen LogP contribution >= 0.6 is 0 Å². The quantitative estimate of drug-likeness (QED) is 0.365. The summed E-state index contributed by atoms with van der Waals surface area (Å²) in [5.41, 5.74) is 1.68. The Bertz CT molecular complexity index is 1390. The van der Waals surface area contributed by atoms with Crippen molar-refractivity contribution in [3.63, 3.8) is 0 Å². The zero-order valence-electron chi connectivity index (χ0n) is 19.2. The van der Waals surface area contributed by atoms with Gasteiger partial charge in [-0.1, -0.05) is 60.7 Å². The number of likely N-dealkylation sites (tertiary alicyclic amines) is 1. The second-order valence-corrected chi connectivity index (χ2v) is 8.61. The number of fused-ring (bicyclic) bond motifs is 1. The van der Waals surface area contributed by atoms with E-state index in [0.717, 1.165) is 23.3 Å². The number of rotatable bonds is 6. The van der Waals surface area contributed by atoms with Gasteiger partial charge in [0.2, 0.25) is 5.43 Å². The highest BCUT2D eigenvalue weighted by atomic mass is 19.2. The van der Waals surface area contributed by atoms with Gasteiger partial charge < -0.3 is 9.30 Å². The van der Waals surface area contributed by atoms with Crippen molar-refractivity contribution in [1.29, 1.82) is 0 Å². The molecule has 3 aromatic carbocycles. The molecule has 1 aromatic heterocycles. The Labute approximate surface area is 201 Å². The minimum Gasteiger partial charge on any atom is -0.462 e. The van der Waals surface area contributed by atoms with Crippen molar-refractivity contribution in [3.8, 4) is 0 Å². The molecule has 0 N–H and O–H groups in total. The van der Waals surface area contributed by atoms with Gasteiger partial charge in [0.05, 0.1) is 24.2 Å². The maximum atomic E-state index is 14.2. The van der Waals surface area contributed by atoms with Crippen LogP contribution < -0.4 is 5.43 Å². The molecule has 1 aliphatic heterocycles. The maximum absolute atomic E-state index is 14.2. The van der Waals surface area contributed by atoms with Crippen LogP contribution in [0.5, 0.6) is 0 Å². The standard InChI is InChI=1S/C28H24F2N2O3/c1-2-35-28(34)22-17-32(25-14-24(30)23(29)13-21(25)27(22)33)20-15-31(16-20)26(18-9-5-3-6-10-18)19-11-7-4-8-12-19/h3-14,17,20,26H,2,15-16H2,1H3. The molecular formula is C28H24F2N2O3. The van der Waals surface area contributed by atoms with E-state index in [-0.39, 0.29) is 35.2 Å². The summed E-state index contributed by atoms with van der Waals surface area (Å²) in [6.07, 6.45) is 1.42. The maximum Gasteiger partial charge on any atom is 0.343 e. The third-order valence-electron chi connectivity index (χ3n) is 6.45. The normalized spacial score (nSPS) is 14.3. The van der Waals surface area contributed by atoms with Crippen LogP contribution in [-0.4, -0.2) is 35.1 Å². The number of halogens is 2. The van der Waals surface area contributed by atoms with Crippen molar-refractivity contribution < 1.29 is 18.3 Å². The SMILES string of the molecule is CCOC(=O)c1cn(C2CN(C(c3ccccc3)c3ccccc3)C2)c2cc(F)c(F)cc2c1=O. The van der Waals surface area contributed by atoms with Gasteiger partial charge in [0.15, 0.2) is 11.6 Å². The predicted molar refractivity (Wildman–Crippen MR) is 129 cm³/mol. The largest absolute Gasteiger partial charge is 0.462 e. The van der Waals surface area contributed by atoms with E-state index in [1.165, 1.54) is 6.20 Å².